The van der Waals surface area contributed by atoms with Gasteiger partial charge >= 0.3 is 12.1 Å². The van der Waals surface area contributed by atoms with E-state index in [2.05, 4.69) is 6.92 Å². The highest BCUT2D eigenvalue weighted by molar-refractivity contribution is 6.01. The fraction of sp³-hybridized carbons (Fsp3) is 0.462. The molecule has 0 amide bonds. The molecule has 32 heavy (non-hydrogen) atoms. The van der Waals surface area contributed by atoms with Crippen molar-refractivity contribution in [2.75, 3.05) is 6.61 Å². The second kappa shape index (κ2) is 10.8. The molecule has 1 aromatic heterocycles. The topological polar surface area (TPSA) is 39.2 Å². The minimum Gasteiger partial charge on any atom is -0.462 e. The van der Waals surface area contributed by atoms with E-state index in [0.717, 1.165) is 36.2 Å². The molecular weight excluding hydrogens is 415 g/mol. The molecule has 0 aliphatic heterocycles. The molecule has 1 aromatic carbocycles. The maximum Gasteiger partial charge on any atom is 0.416 e. The molecule has 0 N–H and O–H groups in total. The summed E-state index contributed by atoms with van der Waals surface area (Å²) in [6.07, 6.45) is 1.30. The highest BCUT2D eigenvalue weighted by Gasteiger charge is 2.31. The minimum atomic E-state index is -4.43. The van der Waals surface area contributed by atoms with Gasteiger partial charge in [-0.2, -0.15) is 13.2 Å². The smallest absolute Gasteiger partial charge is 0.416 e. The van der Waals surface area contributed by atoms with Crippen LogP contribution in [0, 0.1) is 0 Å². The van der Waals surface area contributed by atoms with Crippen molar-refractivity contribution in [1.82, 2.24) is 4.98 Å². The van der Waals surface area contributed by atoms with Crippen LogP contribution in [0.3, 0.4) is 0 Å². The van der Waals surface area contributed by atoms with Crippen LogP contribution in [0.15, 0.2) is 30.3 Å². The number of carbonyl (C=O) groups is 1. The highest BCUT2D eigenvalue weighted by Crippen LogP contribution is 2.39. The zero-order valence-electron chi connectivity index (χ0n) is 19.6. The number of rotatable bonds is 8. The number of halogens is 3. The normalized spacial score (nSPS) is 12.2. The quantitative estimate of drug-likeness (QED) is 0.385. The van der Waals surface area contributed by atoms with Crippen molar-refractivity contribution in [2.45, 2.75) is 72.4 Å². The Morgan fingerprint density at radius 3 is 2.09 bits per heavy atom. The summed E-state index contributed by atoms with van der Waals surface area (Å²) in [7, 11) is 0. The summed E-state index contributed by atoms with van der Waals surface area (Å²) in [4.78, 5) is 18.0. The average Bonchev–Trinajstić information content (AvgIpc) is 2.72. The first-order valence-corrected chi connectivity index (χ1v) is 11.1. The summed E-state index contributed by atoms with van der Waals surface area (Å²) >= 11 is 0. The lowest BCUT2D eigenvalue weighted by molar-refractivity contribution is -0.137. The molecule has 0 unspecified atom stereocenters. The molecule has 2 aromatic rings. The van der Waals surface area contributed by atoms with Gasteiger partial charge in [-0.05, 0) is 42.9 Å². The fourth-order valence-corrected chi connectivity index (χ4v) is 3.57. The summed E-state index contributed by atoms with van der Waals surface area (Å²) < 4.78 is 44.8. The van der Waals surface area contributed by atoms with Gasteiger partial charge in [-0.15, -0.1) is 0 Å². The van der Waals surface area contributed by atoms with Crippen molar-refractivity contribution in [3.8, 4) is 11.1 Å². The van der Waals surface area contributed by atoms with Gasteiger partial charge in [-0.1, -0.05) is 65.3 Å². The minimum absolute atomic E-state index is 0.0539. The molecule has 3 nitrogen and oxygen atoms in total. The molecule has 2 rings (SSSR count). The molecule has 0 aliphatic carbocycles. The summed E-state index contributed by atoms with van der Waals surface area (Å²) in [6, 6.07) is 4.95. The lowest BCUT2D eigenvalue weighted by Gasteiger charge is -2.23. The maximum absolute atomic E-state index is 13.2. The summed E-state index contributed by atoms with van der Waals surface area (Å²) in [6.45, 7) is 11.9. The van der Waals surface area contributed by atoms with Gasteiger partial charge in [-0.25, -0.2) is 4.79 Å². The number of esters is 1. The third-order valence-electron chi connectivity index (χ3n) is 5.11. The number of aromatic nitrogens is 1. The van der Waals surface area contributed by atoms with Crippen LogP contribution in [0.2, 0.25) is 0 Å². The zero-order valence-corrected chi connectivity index (χ0v) is 19.6. The molecule has 0 fully saturated rings. The highest BCUT2D eigenvalue weighted by atomic mass is 19.4. The van der Waals surface area contributed by atoms with Crippen LogP contribution in [-0.4, -0.2) is 17.6 Å². The molecule has 6 heteroatoms. The molecule has 0 bridgehead atoms. The second-order valence-electron chi connectivity index (χ2n) is 8.34. The van der Waals surface area contributed by atoms with Gasteiger partial charge < -0.3 is 4.74 Å². The van der Waals surface area contributed by atoms with Crippen LogP contribution in [0.1, 0.15) is 99.1 Å². The standard InChI is InChI=1S/C26H32F3NO2/c1-7-9-10-11-20-21(18-12-14-19(15-13-18)26(27,28)29)22(25(31)32-8-2)24(17(5)6)30-23(20)16(3)4/h10-17H,7-9H2,1-6H3. The Kier molecular flexibility index (Phi) is 8.65. The monoisotopic (exact) mass is 447 g/mol. The number of hydrogen-bond acceptors (Lipinski definition) is 3. The van der Waals surface area contributed by atoms with E-state index in [9.17, 15) is 18.0 Å². The van der Waals surface area contributed by atoms with E-state index in [1.165, 1.54) is 12.1 Å². The van der Waals surface area contributed by atoms with E-state index >= 15 is 0 Å². The molecule has 0 spiro atoms. The third kappa shape index (κ3) is 5.78. The number of hydrogen-bond donors (Lipinski definition) is 0. The molecule has 0 saturated carbocycles. The molecule has 0 radical (unpaired) electrons. The van der Waals surface area contributed by atoms with E-state index in [1.54, 1.807) is 6.92 Å². The van der Waals surface area contributed by atoms with Gasteiger partial charge in [0.05, 0.1) is 29.1 Å². The number of pyridine rings is 1. The first kappa shape index (κ1) is 25.6. The number of carbonyl (C=O) groups excluding carboxylic acids is 1. The van der Waals surface area contributed by atoms with Crippen LogP contribution >= 0.6 is 0 Å². The van der Waals surface area contributed by atoms with Crippen molar-refractivity contribution >= 4 is 12.0 Å². The first-order valence-electron chi connectivity index (χ1n) is 11.1. The lowest BCUT2D eigenvalue weighted by Crippen LogP contribution is -2.16. The molecule has 1 heterocycles. The van der Waals surface area contributed by atoms with Gasteiger partial charge in [0.15, 0.2) is 0 Å². The molecular formula is C26H32F3NO2. The van der Waals surface area contributed by atoms with Crippen LogP contribution in [0.25, 0.3) is 17.2 Å². The molecule has 0 aliphatic rings. The van der Waals surface area contributed by atoms with Crippen LogP contribution in [-0.2, 0) is 10.9 Å². The number of ether oxygens (including phenoxy) is 1. The van der Waals surface area contributed by atoms with Crippen molar-refractivity contribution < 1.29 is 22.7 Å². The van der Waals surface area contributed by atoms with Crippen molar-refractivity contribution in [3.05, 3.63) is 58.4 Å². The van der Waals surface area contributed by atoms with Gasteiger partial charge in [-0.3, -0.25) is 4.98 Å². The molecule has 0 atom stereocenters. The second-order valence-corrected chi connectivity index (χ2v) is 8.34. The van der Waals surface area contributed by atoms with Crippen molar-refractivity contribution in [2.24, 2.45) is 0 Å². The Bertz CT molecular complexity index is 959. The van der Waals surface area contributed by atoms with Crippen molar-refractivity contribution in [1.29, 1.82) is 0 Å². The first-order chi connectivity index (χ1) is 15.0. The predicted molar refractivity (Wildman–Crippen MR) is 123 cm³/mol. The fourth-order valence-electron chi connectivity index (χ4n) is 3.57. The van der Waals surface area contributed by atoms with Crippen LogP contribution < -0.4 is 0 Å². The Morgan fingerprint density at radius 1 is 1.03 bits per heavy atom. The Morgan fingerprint density at radius 2 is 1.62 bits per heavy atom. The average molecular weight is 448 g/mol. The Labute approximate surface area is 188 Å². The summed E-state index contributed by atoms with van der Waals surface area (Å²) in [5.74, 6) is -0.536. The van der Waals surface area contributed by atoms with E-state index < -0.39 is 17.7 Å². The van der Waals surface area contributed by atoms with E-state index in [4.69, 9.17) is 9.72 Å². The van der Waals surface area contributed by atoms with Gasteiger partial charge in [0, 0.05) is 11.1 Å². The number of allylic oxidation sites excluding steroid dienone is 1. The third-order valence-corrected chi connectivity index (χ3v) is 5.11. The van der Waals surface area contributed by atoms with E-state index in [0.29, 0.717) is 22.4 Å². The van der Waals surface area contributed by atoms with Gasteiger partial charge in [0.25, 0.3) is 0 Å². The van der Waals surface area contributed by atoms with Crippen LogP contribution in [0.5, 0.6) is 0 Å². The zero-order chi connectivity index (χ0) is 24.1. The van der Waals surface area contributed by atoms with Gasteiger partial charge in [0.2, 0.25) is 0 Å². The van der Waals surface area contributed by atoms with E-state index in [-0.39, 0.29) is 18.4 Å². The lowest BCUT2D eigenvalue weighted by atomic mass is 9.86. The Balaban J connectivity index is 2.95. The van der Waals surface area contributed by atoms with E-state index in [1.807, 2.05) is 39.8 Å². The molecule has 174 valence electrons. The van der Waals surface area contributed by atoms with Gasteiger partial charge in [0.1, 0.15) is 0 Å². The number of nitrogens with zero attached hydrogens (tertiary/aromatic N) is 1. The largest absolute Gasteiger partial charge is 0.462 e. The Hall–Kier alpha value is -2.63. The summed E-state index contributed by atoms with van der Waals surface area (Å²) in [5, 5.41) is 0. The molecule has 0 saturated heterocycles. The number of alkyl halides is 3. The number of benzene rings is 1. The predicted octanol–water partition coefficient (Wildman–Crippen LogP) is 8.00. The number of unbranched alkanes of at least 4 members (excludes halogenated alkanes) is 1. The maximum atomic E-state index is 13.2. The SMILES string of the molecule is CCCC=Cc1c(C(C)C)nc(C(C)C)c(C(=O)OCC)c1-c1ccc(C(F)(F)F)cc1. The van der Waals surface area contributed by atoms with Crippen LogP contribution in [0.4, 0.5) is 13.2 Å². The van der Waals surface area contributed by atoms with Crippen molar-refractivity contribution in [3.63, 3.8) is 0 Å². The summed E-state index contributed by atoms with van der Waals surface area (Å²) in [5.41, 5.74) is 2.85.